The number of hydrogen-bond donors (Lipinski definition) is 0. The van der Waals surface area contributed by atoms with E-state index in [9.17, 15) is 0 Å². The summed E-state index contributed by atoms with van der Waals surface area (Å²) >= 11 is 0. The fraction of sp³-hybridized carbons (Fsp3) is 0.286. The van der Waals surface area contributed by atoms with Crippen LogP contribution in [0.4, 0.5) is 0 Å². The molecule has 0 radical (unpaired) electrons. The van der Waals surface area contributed by atoms with Gasteiger partial charge in [-0.2, -0.15) is 0 Å². The third-order valence-electron chi connectivity index (χ3n) is 4.77. The minimum Gasteiger partial charge on any atom is -0.482 e. The number of nitrogens with zero attached hydrogens (tertiary/aromatic N) is 1. The van der Waals surface area contributed by atoms with E-state index in [1.807, 2.05) is 0 Å². The summed E-state index contributed by atoms with van der Waals surface area (Å²) in [6.07, 6.45) is 11.1. The maximum atomic E-state index is 4.65. The average molecular weight is 303 g/mol. The van der Waals surface area contributed by atoms with Crippen LogP contribution in [0.5, 0.6) is 0 Å². The predicted octanol–water partition coefficient (Wildman–Crippen LogP) is 4.93. The lowest BCUT2D eigenvalue weighted by Crippen LogP contribution is -2.06. The largest absolute Gasteiger partial charge is 0.482 e. The molecule has 2 nitrogen and oxygen atoms in total. The van der Waals surface area contributed by atoms with Crippen LogP contribution in [-0.2, 0) is 11.2 Å². The van der Waals surface area contributed by atoms with E-state index in [1.54, 1.807) is 11.1 Å². The Balaban J connectivity index is 0.000000233. The Morgan fingerprint density at radius 2 is 1.91 bits per heavy atom. The van der Waals surface area contributed by atoms with Crippen molar-refractivity contribution >= 4 is 22.7 Å². The molecule has 0 aromatic heterocycles. The summed E-state index contributed by atoms with van der Waals surface area (Å²) in [4.78, 5) is 3.74. The molecule has 0 amide bonds. The van der Waals surface area contributed by atoms with E-state index < -0.39 is 0 Å². The van der Waals surface area contributed by atoms with Gasteiger partial charge >= 0.3 is 0 Å². The summed E-state index contributed by atoms with van der Waals surface area (Å²) in [5.41, 5.74) is 6.21. The molecule has 2 aliphatic carbocycles. The molecule has 0 bridgehead atoms. The van der Waals surface area contributed by atoms with Gasteiger partial charge in [-0.15, -0.1) is 0 Å². The molecule has 0 spiro atoms. The summed E-state index contributed by atoms with van der Waals surface area (Å²) in [5, 5.41) is 2.82. The minimum atomic E-state index is 0.778. The normalized spacial score (nSPS) is 18.1. The van der Waals surface area contributed by atoms with Gasteiger partial charge in [-0.05, 0) is 53.2 Å². The first-order valence-electron chi connectivity index (χ1n) is 8.43. The number of hydrogen-bond acceptors (Lipinski definition) is 2. The molecule has 0 unspecified atom stereocenters. The minimum absolute atomic E-state index is 0.778. The van der Waals surface area contributed by atoms with Gasteiger partial charge in [0.2, 0.25) is 0 Å². The quantitative estimate of drug-likeness (QED) is 0.676. The van der Waals surface area contributed by atoms with Gasteiger partial charge in [0.1, 0.15) is 6.61 Å². The molecule has 23 heavy (non-hydrogen) atoms. The molecule has 1 heterocycles. The maximum Gasteiger partial charge on any atom is 0.169 e. The van der Waals surface area contributed by atoms with Crippen LogP contribution < -0.4 is 0 Å². The molecule has 5 rings (SSSR count). The Bertz CT molecular complexity index is 808. The van der Waals surface area contributed by atoms with Crippen molar-refractivity contribution < 1.29 is 4.74 Å². The van der Waals surface area contributed by atoms with Gasteiger partial charge in [0.05, 0.1) is 6.54 Å². The number of fused-ring (bicyclic) bond motifs is 4. The molecular weight excluding hydrogens is 282 g/mol. The first-order chi connectivity index (χ1) is 11.4. The third-order valence-corrected chi connectivity index (χ3v) is 4.77. The second kappa shape index (κ2) is 6.41. The van der Waals surface area contributed by atoms with E-state index in [2.05, 4.69) is 58.3 Å². The van der Waals surface area contributed by atoms with Gasteiger partial charge < -0.3 is 4.74 Å². The highest BCUT2D eigenvalue weighted by Gasteiger charge is 2.20. The van der Waals surface area contributed by atoms with Crippen molar-refractivity contribution in [2.75, 3.05) is 13.2 Å². The van der Waals surface area contributed by atoms with E-state index in [4.69, 9.17) is 0 Å². The van der Waals surface area contributed by atoms with Crippen molar-refractivity contribution in [2.24, 2.45) is 4.99 Å². The first-order valence-corrected chi connectivity index (χ1v) is 8.43. The molecule has 0 saturated carbocycles. The number of rotatable bonds is 0. The van der Waals surface area contributed by atoms with Crippen molar-refractivity contribution in [3.05, 3.63) is 65.3 Å². The van der Waals surface area contributed by atoms with Crippen LogP contribution in [0.2, 0.25) is 0 Å². The van der Waals surface area contributed by atoms with Crippen LogP contribution >= 0.6 is 0 Å². The van der Waals surface area contributed by atoms with Crippen LogP contribution in [0.1, 0.15) is 30.4 Å². The molecular formula is C21H21NO. The zero-order valence-corrected chi connectivity index (χ0v) is 13.3. The lowest BCUT2D eigenvalue weighted by atomic mass is 9.80. The van der Waals surface area contributed by atoms with Crippen LogP contribution in [0, 0.1) is 0 Å². The Morgan fingerprint density at radius 3 is 2.74 bits per heavy atom. The van der Waals surface area contributed by atoms with Crippen molar-refractivity contribution in [3.8, 4) is 0 Å². The lowest BCUT2D eigenvalue weighted by Gasteiger charge is -2.25. The molecule has 0 N–H and O–H groups in total. The molecule has 0 saturated heterocycles. The standard InChI is InChI=1S/C18H16.C3H5NO/c1-3-7-15-13(5-1)9-11-18-16-8-4-2-6-14(16)10-12-17(15)18;1-2-5-3-4-1/h1,3-5,7-9,11H,2,6,10,12H2;3H,1-2H2. The van der Waals surface area contributed by atoms with Gasteiger partial charge in [-0.25, -0.2) is 0 Å². The van der Waals surface area contributed by atoms with Gasteiger partial charge in [-0.1, -0.05) is 54.1 Å². The third kappa shape index (κ3) is 2.81. The molecule has 2 heteroatoms. The van der Waals surface area contributed by atoms with Crippen LogP contribution in [0.25, 0.3) is 16.3 Å². The zero-order valence-electron chi connectivity index (χ0n) is 13.3. The number of benzene rings is 2. The highest BCUT2D eigenvalue weighted by molar-refractivity contribution is 5.93. The van der Waals surface area contributed by atoms with Crippen molar-refractivity contribution in [3.63, 3.8) is 0 Å². The van der Waals surface area contributed by atoms with Crippen molar-refractivity contribution in [1.82, 2.24) is 0 Å². The van der Waals surface area contributed by atoms with E-state index in [-0.39, 0.29) is 0 Å². The smallest absolute Gasteiger partial charge is 0.169 e. The fourth-order valence-corrected chi connectivity index (χ4v) is 3.65. The summed E-state index contributed by atoms with van der Waals surface area (Å²) in [6, 6.07) is 13.4. The topological polar surface area (TPSA) is 21.6 Å². The monoisotopic (exact) mass is 303 g/mol. The first kappa shape index (κ1) is 14.3. The zero-order chi connectivity index (χ0) is 15.5. The highest BCUT2D eigenvalue weighted by Crippen LogP contribution is 2.39. The van der Waals surface area contributed by atoms with E-state index in [0.717, 1.165) is 13.2 Å². The van der Waals surface area contributed by atoms with E-state index in [0.29, 0.717) is 0 Å². The summed E-state index contributed by atoms with van der Waals surface area (Å²) in [6.45, 7) is 1.62. The Labute approximate surface area is 137 Å². The van der Waals surface area contributed by atoms with Gasteiger partial charge in [0.15, 0.2) is 6.40 Å². The summed E-state index contributed by atoms with van der Waals surface area (Å²) in [5.74, 6) is 0. The van der Waals surface area contributed by atoms with Crippen LogP contribution in [0.15, 0.2) is 59.1 Å². The number of ether oxygens (including phenoxy) is 1. The average Bonchev–Trinajstić information content (AvgIpc) is 3.21. The predicted molar refractivity (Wildman–Crippen MR) is 96.9 cm³/mol. The molecule has 2 aromatic carbocycles. The molecule has 116 valence electrons. The number of aryl methyl sites for hydroxylation is 1. The van der Waals surface area contributed by atoms with Gasteiger partial charge in [0.25, 0.3) is 0 Å². The lowest BCUT2D eigenvalue weighted by molar-refractivity contribution is 0.361. The molecule has 1 aliphatic heterocycles. The molecule has 0 fully saturated rings. The number of allylic oxidation sites excluding steroid dienone is 4. The fourth-order valence-electron chi connectivity index (χ4n) is 3.65. The number of aliphatic imine (C=N–C) groups is 1. The SMILES string of the molecule is C1=CC2=C(CC1)CCc1c2ccc2ccccc12.C1=NCCO1. The molecule has 3 aliphatic rings. The molecule has 2 aromatic rings. The van der Waals surface area contributed by atoms with Gasteiger partial charge in [-0.3, -0.25) is 4.99 Å². The van der Waals surface area contributed by atoms with Crippen LogP contribution in [-0.4, -0.2) is 19.6 Å². The van der Waals surface area contributed by atoms with Crippen molar-refractivity contribution in [1.29, 1.82) is 0 Å². The van der Waals surface area contributed by atoms with E-state index in [1.165, 1.54) is 54.0 Å². The second-order valence-electron chi connectivity index (χ2n) is 6.15. The van der Waals surface area contributed by atoms with Gasteiger partial charge in [0, 0.05) is 0 Å². The Kier molecular flexibility index (Phi) is 3.97. The second-order valence-corrected chi connectivity index (χ2v) is 6.15. The summed E-state index contributed by atoms with van der Waals surface area (Å²) in [7, 11) is 0. The van der Waals surface area contributed by atoms with E-state index >= 15 is 0 Å². The van der Waals surface area contributed by atoms with Crippen molar-refractivity contribution in [2.45, 2.75) is 25.7 Å². The molecule has 0 atom stereocenters. The Morgan fingerprint density at radius 1 is 0.957 bits per heavy atom. The summed E-state index contributed by atoms with van der Waals surface area (Å²) < 4.78 is 4.65. The van der Waals surface area contributed by atoms with Crippen LogP contribution in [0.3, 0.4) is 0 Å². The highest BCUT2D eigenvalue weighted by atomic mass is 16.5. The Hall–Kier alpha value is -2.35. The maximum absolute atomic E-state index is 4.65.